The molecule has 1 saturated heterocycles. The number of nitrogens with one attached hydrogen (secondary N) is 1. The molecule has 2 aromatic rings. The summed E-state index contributed by atoms with van der Waals surface area (Å²) in [5.74, 6) is -0.785. The smallest absolute Gasteiger partial charge is 0.321 e. The third kappa shape index (κ3) is 4.54. The molecule has 32 heavy (non-hydrogen) atoms. The Bertz CT molecular complexity index is 969. The predicted molar refractivity (Wildman–Crippen MR) is 122 cm³/mol. The quantitative estimate of drug-likeness (QED) is 0.572. The largest absolute Gasteiger partial charge is 0.497 e. The fourth-order valence-corrected chi connectivity index (χ4v) is 4.08. The summed E-state index contributed by atoms with van der Waals surface area (Å²) in [6.45, 7) is 4.99. The van der Waals surface area contributed by atoms with Crippen LogP contribution < -0.4 is 15.0 Å². The number of ether oxygens (including phenoxy) is 2. The molecule has 0 saturated carbocycles. The van der Waals surface area contributed by atoms with Gasteiger partial charge in [0.05, 0.1) is 13.7 Å². The van der Waals surface area contributed by atoms with Crippen molar-refractivity contribution in [2.24, 2.45) is 10.9 Å². The number of carbonyl (C=O) groups is 2. The molecule has 0 radical (unpaired) electrons. The average molecular weight is 437 g/mol. The third-order valence-electron chi connectivity index (χ3n) is 5.79. The van der Waals surface area contributed by atoms with Crippen LogP contribution in [0.4, 0.5) is 5.69 Å². The van der Waals surface area contributed by atoms with E-state index in [9.17, 15) is 9.59 Å². The molecule has 1 fully saturated rings. The number of piperazine rings is 1. The van der Waals surface area contributed by atoms with Crippen LogP contribution in [-0.4, -0.2) is 62.6 Å². The summed E-state index contributed by atoms with van der Waals surface area (Å²) < 4.78 is 10.4. The summed E-state index contributed by atoms with van der Waals surface area (Å²) in [7, 11) is 1.59. The summed E-state index contributed by atoms with van der Waals surface area (Å²) in [5, 5.41) is 2.85. The second-order valence-corrected chi connectivity index (χ2v) is 7.70. The highest BCUT2D eigenvalue weighted by molar-refractivity contribution is 6.08. The Morgan fingerprint density at radius 3 is 2.31 bits per heavy atom. The van der Waals surface area contributed by atoms with Crippen molar-refractivity contribution in [3.8, 4) is 5.75 Å². The van der Waals surface area contributed by atoms with E-state index in [1.165, 1.54) is 5.69 Å². The zero-order chi connectivity index (χ0) is 22.5. The summed E-state index contributed by atoms with van der Waals surface area (Å²) in [5.41, 5.74) is 1.94. The van der Waals surface area contributed by atoms with Gasteiger partial charge < -0.3 is 19.3 Å². The fraction of sp³-hybridized carbons (Fsp3) is 0.375. The molecule has 8 heteroatoms. The van der Waals surface area contributed by atoms with E-state index in [4.69, 9.17) is 14.5 Å². The van der Waals surface area contributed by atoms with Gasteiger partial charge in [0.25, 0.3) is 0 Å². The molecule has 2 unspecified atom stereocenters. The second kappa shape index (κ2) is 9.72. The highest BCUT2D eigenvalue weighted by Crippen LogP contribution is 2.32. The number of guanidine groups is 1. The van der Waals surface area contributed by atoms with Gasteiger partial charge in [-0.25, -0.2) is 4.99 Å². The lowest BCUT2D eigenvalue weighted by Crippen LogP contribution is -2.57. The second-order valence-electron chi connectivity index (χ2n) is 7.70. The Kier molecular flexibility index (Phi) is 6.58. The number of nitrogens with zero attached hydrogens (tertiary/aromatic N) is 3. The number of rotatable bonds is 5. The maximum absolute atomic E-state index is 13.0. The Morgan fingerprint density at radius 1 is 1.03 bits per heavy atom. The van der Waals surface area contributed by atoms with Crippen LogP contribution in [0.15, 0.2) is 59.6 Å². The van der Waals surface area contributed by atoms with Gasteiger partial charge in [0.15, 0.2) is 5.92 Å². The average Bonchev–Trinajstić information content (AvgIpc) is 2.84. The summed E-state index contributed by atoms with van der Waals surface area (Å²) in [6, 6.07) is 16.9. The minimum atomic E-state index is -1.03. The van der Waals surface area contributed by atoms with Crippen LogP contribution in [0.5, 0.6) is 5.75 Å². The Labute approximate surface area is 187 Å². The highest BCUT2D eigenvalue weighted by atomic mass is 16.5. The first-order chi connectivity index (χ1) is 15.6. The molecule has 2 aliphatic rings. The number of methoxy groups -OCH3 is 1. The van der Waals surface area contributed by atoms with Crippen LogP contribution in [0.25, 0.3) is 0 Å². The van der Waals surface area contributed by atoms with Crippen LogP contribution >= 0.6 is 0 Å². The number of para-hydroxylation sites is 1. The van der Waals surface area contributed by atoms with Crippen LogP contribution in [0, 0.1) is 5.92 Å². The van der Waals surface area contributed by atoms with E-state index in [0.717, 1.165) is 18.7 Å². The summed E-state index contributed by atoms with van der Waals surface area (Å²) in [6.07, 6.45) is 0. The van der Waals surface area contributed by atoms with Gasteiger partial charge in [-0.3, -0.25) is 14.9 Å². The topological polar surface area (TPSA) is 83.5 Å². The molecule has 2 aromatic carbocycles. The molecule has 1 amide bonds. The number of hydrogen-bond donors (Lipinski definition) is 1. The van der Waals surface area contributed by atoms with E-state index in [0.29, 0.717) is 24.8 Å². The molecule has 1 N–H and O–H groups in total. The van der Waals surface area contributed by atoms with Gasteiger partial charge >= 0.3 is 5.97 Å². The van der Waals surface area contributed by atoms with Crippen molar-refractivity contribution in [2.75, 3.05) is 44.8 Å². The Hall–Kier alpha value is -3.55. The van der Waals surface area contributed by atoms with Crippen molar-refractivity contribution in [1.82, 2.24) is 10.2 Å². The number of carbonyl (C=O) groups excluding carboxylic acids is 2. The molecule has 2 atom stereocenters. The number of esters is 1. The molecular formula is C24H28N4O4. The van der Waals surface area contributed by atoms with Crippen LogP contribution in [0.1, 0.15) is 18.5 Å². The number of anilines is 1. The van der Waals surface area contributed by atoms with Gasteiger partial charge in [0.2, 0.25) is 11.9 Å². The molecule has 0 bridgehead atoms. The molecule has 2 heterocycles. The normalized spacial score (nSPS) is 20.9. The van der Waals surface area contributed by atoms with Gasteiger partial charge in [-0.1, -0.05) is 30.3 Å². The van der Waals surface area contributed by atoms with Gasteiger partial charge in [0.1, 0.15) is 11.8 Å². The number of amides is 1. The van der Waals surface area contributed by atoms with E-state index in [-0.39, 0.29) is 12.5 Å². The summed E-state index contributed by atoms with van der Waals surface area (Å²) >= 11 is 0. The van der Waals surface area contributed by atoms with Crippen LogP contribution in [0.2, 0.25) is 0 Å². The lowest BCUT2D eigenvalue weighted by Gasteiger charge is -2.39. The Balaban J connectivity index is 1.56. The van der Waals surface area contributed by atoms with Crippen molar-refractivity contribution < 1.29 is 19.1 Å². The van der Waals surface area contributed by atoms with Gasteiger partial charge in [-0.15, -0.1) is 0 Å². The Morgan fingerprint density at radius 2 is 1.69 bits per heavy atom. The van der Waals surface area contributed by atoms with E-state index >= 15 is 0 Å². The molecule has 8 nitrogen and oxygen atoms in total. The molecule has 2 aliphatic heterocycles. The molecule has 4 rings (SSSR count). The van der Waals surface area contributed by atoms with Gasteiger partial charge in [-0.2, -0.15) is 0 Å². The molecule has 0 spiro atoms. The van der Waals surface area contributed by atoms with Crippen molar-refractivity contribution in [2.45, 2.75) is 13.0 Å². The van der Waals surface area contributed by atoms with Crippen molar-refractivity contribution >= 4 is 23.5 Å². The van der Waals surface area contributed by atoms with Gasteiger partial charge in [0, 0.05) is 31.9 Å². The van der Waals surface area contributed by atoms with Crippen LogP contribution in [0.3, 0.4) is 0 Å². The highest BCUT2D eigenvalue weighted by Gasteiger charge is 2.42. The lowest BCUT2D eigenvalue weighted by molar-refractivity contribution is -0.153. The number of aliphatic imine (C=N–C) groups is 1. The standard InChI is InChI=1S/C24H28N4O4/c1-3-32-23(30)20-21(17-9-11-19(31-2)12-10-17)25-24(26-22(20)29)28-15-13-27(14-16-28)18-7-5-4-6-8-18/h4-12,20-21H,3,13-16H2,1-2H3,(H,25,26,29). The van der Waals surface area contributed by atoms with E-state index in [1.807, 2.05) is 30.3 Å². The molecule has 168 valence electrons. The minimum Gasteiger partial charge on any atom is -0.497 e. The first-order valence-corrected chi connectivity index (χ1v) is 10.8. The first-order valence-electron chi connectivity index (χ1n) is 10.8. The van der Waals surface area contributed by atoms with Crippen molar-refractivity contribution in [3.05, 3.63) is 60.2 Å². The van der Waals surface area contributed by atoms with Gasteiger partial charge in [-0.05, 0) is 36.8 Å². The maximum Gasteiger partial charge on any atom is 0.321 e. The van der Waals surface area contributed by atoms with E-state index in [1.54, 1.807) is 26.2 Å². The van der Waals surface area contributed by atoms with E-state index in [2.05, 4.69) is 27.2 Å². The molecule has 0 aliphatic carbocycles. The number of hydrogen-bond acceptors (Lipinski definition) is 7. The lowest BCUT2D eigenvalue weighted by atomic mass is 9.91. The predicted octanol–water partition coefficient (Wildman–Crippen LogP) is 2.22. The maximum atomic E-state index is 13.0. The number of benzene rings is 2. The zero-order valence-electron chi connectivity index (χ0n) is 18.4. The zero-order valence-corrected chi connectivity index (χ0v) is 18.4. The van der Waals surface area contributed by atoms with Crippen molar-refractivity contribution in [1.29, 1.82) is 0 Å². The monoisotopic (exact) mass is 436 g/mol. The fourth-order valence-electron chi connectivity index (χ4n) is 4.08. The molecular weight excluding hydrogens is 408 g/mol. The third-order valence-corrected chi connectivity index (χ3v) is 5.79. The summed E-state index contributed by atoms with van der Waals surface area (Å²) in [4.78, 5) is 34.8. The minimum absolute atomic E-state index is 0.204. The molecule has 0 aromatic heterocycles. The first kappa shape index (κ1) is 21.7. The SMILES string of the molecule is CCOC(=O)C1C(=O)NC(N2CCN(c3ccccc3)CC2)=NC1c1ccc(OC)cc1. The van der Waals surface area contributed by atoms with Crippen LogP contribution in [-0.2, 0) is 14.3 Å². The van der Waals surface area contributed by atoms with Crippen molar-refractivity contribution in [3.63, 3.8) is 0 Å². The van der Waals surface area contributed by atoms with E-state index < -0.39 is 17.9 Å².